The average molecular weight is 137 g/mol. The van der Waals surface area contributed by atoms with Gasteiger partial charge in [-0.1, -0.05) is 16.8 Å². The fourth-order valence-electron chi connectivity index (χ4n) is 1.18. The van der Waals surface area contributed by atoms with E-state index in [2.05, 4.69) is 5.18 Å². The van der Waals surface area contributed by atoms with Crippen LogP contribution < -0.4 is 0 Å². The zero-order chi connectivity index (χ0) is 7.78. The van der Waals surface area contributed by atoms with Crippen molar-refractivity contribution >= 4 is 0 Å². The van der Waals surface area contributed by atoms with E-state index in [4.69, 9.17) is 0 Å². The molecule has 0 bridgehead atoms. The Bertz CT molecular complexity index is 227. The van der Waals surface area contributed by atoms with Crippen molar-refractivity contribution < 1.29 is 0 Å². The lowest BCUT2D eigenvalue weighted by atomic mass is 9.99. The topological polar surface area (TPSA) is 29.4 Å². The minimum Gasteiger partial charge on any atom is -0.150 e. The fraction of sp³-hybridized carbons (Fsp3) is 0.500. The Kier molecular flexibility index (Phi) is 1.47. The number of rotatable bonds is 1. The van der Waals surface area contributed by atoms with E-state index in [0.717, 1.165) is 11.1 Å². The van der Waals surface area contributed by atoms with Gasteiger partial charge in [-0.3, -0.25) is 0 Å². The zero-order valence-electron chi connectivity index (χ0n) is 6.51. The Morgan fingerprint density at radius 2 is 2.10 bits per heavy atom. The van der Waals surface area contributed by atoms with Gasteiger partial charge in [0.1, 0.15) is 5.54 Å². The minimum atomic E-state index is -0.565. The quantitative estimate of drug-likeness (QED) is 0.510. The summed E-state index contributed by atoms with van der Waals surface area (Å²) in [6, 6.07) is 0. The van der Waals surface area contributed by atoms with E-state index >= 15 is 0 Å². The summed E-state index contributed by atoms with van der Waals surface area (Å²) in [7, 11) is 0. The molecule has 2 nitrogen and oxygen atoms in total. The Morgan fingerprint density at radius 3 is 2.30 bits per heavy atom. The highest BCUT2D eigenvalue weighted by molar-refractivity contribution is 5.41. The van der Waals surface area contributed by atoms with Gasteiger partial charge < -0.3 is 0 Å². The predicted octanol–water partition coefficient (Wildman–Crippen LogP) is 2.42. The zero-order valence-corrected chi connectivity index (χ0v) is 6.51. The van der Waals surface area contributed by atoms with Gasteiger partial charge in [-0.2, -0.15) is 0 Å². The van der Waals surface area contributed by atoms with Gasteiger partial charge in [0, 0.05) is 0 Å². The molecule has 0 aromatic carbocycles. The van der Waals surface area contributed by atoms with Crippen molar-refractivity contribution in [2.75, 3.05) is 0 Å². The minimum absolute atomic E-state index is 0.565. The second-order valence-electron chi connectivity index (χ2n) is 2.95. The van der Waals surface area contributed by atoms with Crippen LogP contribution in [0.15, 0.2) is 28.5 Å². The third-order valence-corrected chi connectivity index (χ3v) is 1.94. The van der Waals surface area contributed by atoms with E-state index < -0.39 is 5.54 Å². The van der Waals surface area contributed by atoms with Crippen LogP contribution in [0, 0.1) is 4.91 Å². The van der Waals surface area contributed by atoms with Gasteiger partial charge in [-0.05, 0) is 32.4 Å². The van der Waals surface area contributed by atoms with E-state index in [0.29, 0.717) is 0 Å². The smallest absolute Gasteiger partial charge is 0.139 e. The second kappa shape index (κ2) is 2.04. The maximum atomic E-state index is 10.3. The molecule has 0 aliphatic heterocycles. The summed E-state index contributed by atoms with van der Waals surface area (Å²) in [5.74, 6) is 0. The molecule has 0 fully saturated rings. The number of hydrogen-bond acceptors (Lipinski definition) is 2. The summed E-state index contributed by atoms with van der Waals surface area (Å²) in [4.78, 5) is 10.3. The highest BCUT2D eigenvalue weighted by Gasteiger charge is 2.28. The monoisotopic (exact) mass is 137 g/mol. The van der Waals surface area contributed by atoms with Crippen LogP contribution in [0.4, 0.5) is 0 Å². The molecule has 2 heteroatoms. The van der Waals surface area contributed by atoms with Gasteiger partial charge in [0.15, 0.2) is 0 Å². The molecule has 0 heterocycles. The SMILES string of the molecule is CC1=CC(C)(N=O)C(C)=C1. The molecule has 0 amide bonds. The van der Waals surface area contributed by atoms with Crippen molar-refractivity contribution in [3.05, 3.63) is 28.2 Å². The van der Waals surface area contributed by atoms with Crippen LogP contribution in [0.5, 0.6) is 0 Å². The number of allylic oxidation sites excluding steroid dienone is 2. The highest BCUT2D eigenvalue weighted by atomic mass is 16.3. The summed E-state index contributed by atoms with van der Waals surface area (Å²) in [5.41, 5.74) is 1.59. The largest absolute Gasteiger partial charge is 0.150 e. The molecule has 0 spiro atoms. The number of nitroso groups, excluding NO2 is 1. The lowest BCUT2D eigenvalue weighted by Gasteiger charge is -2.12. The van der Waals surface area contributed by atoms with Gasteiger partial charge in [0.25, 0.3) is 0 Å². The summed E-state index contributed by atoms with van der Waals surface area (Å²) >= 11 is 0. The third kappa shape index (κ3) is 0.897. The van der Waals surface area contributed by atoms with Crippen molar-refractivity contribution in [1.82, 2.24) is 0 Å². The fourth-order valence-corrected chi connectivity index (χ4v) is 1.18. The molecular formula is C8H11NO. The molecule has 10 heavy (non-hydrogen) atoms. The van der Waals surface area contributed by atoms with Gasteiger partial charge >= 0.3 is 0 Å². The first-order valence-corrected chi connectivity index (χ1v) is 3.31. The first-order chi connectivity index (χ1) is 4.58. The molecule has 1 aliphatic carbocycles. The molecule has 1 rings (SSSR count). The van der Waals surface area contributed by atoms with E-state index in [1.807, 2.05) is 32.9 Å². The maximum Gasteiger partial charge on any atom is 0.139 e. The Balaban J connectivity index is 3.04. The number of hydrogen-bond donors (Lipinski definition) is 0. The molecule has 1 aliphatic rings. The highest BCUT2D eigenvalue weighted by Crippen LogP contribution is 2.30. The molecular weight excluding hydrogens is 126 g/mol. The van der Waals surface area contributed by atoms with E-state index in [1.54, 1.807) is 0 Å². The van der Waals surface area contributed by atoms with Crippen molar-refractivity contribution in [2.45, 2.75) is 26.3 Å². The maximum absolute atomic E-state index is 10.3. The Labute approximate surface area is 60.6 Å². The molecule has 0 N–H and O–H groups in total. The standard InChI is InChI=1S/C8H11NO/c1-6-4-7(2)8(3,5-6)9-10/h4-5H,1-3H3. The molecule has 0 aromatic heterocycles. The van der Waals surface area contributed by atoms with Crippen LogP contribution in [-0.2, 0) is 0 Å². The first kappa shape index (κ1) is 7.19. The normalized spacial score (nSPS) is 31.5. The van der Waals surface area contributed by atoms with Crippen molar-refractivity contribution in [3.8, 4) is 0 Å². The molecule has 1 unspecified atom stereocenters. The van der Waals surface area contributed by atoms with Gasteiger partial charge in [-0.15, -0.1) is 4.91 Å². The van der Waals surface area contributed by atoms with Crippen LogP contribution in [-0.4, -0.2) is 5.54 Å². The predicted molar refractivity (Wildman–Crippen MR) is 41.7 cm³/mol. The van der Waals surface area contributed by atoms with E-state index in [-0.39, 0.29) is 0 Å². The third-order valence-electron chi connectivity index (χ3n) is 1.94. The summed E-state index contributed by atoms with van der Waals surface area (Å²) in [6.07, 6.45) is 3.87. The molecule has 0 aromatic rings. The molecule has 1 atom stereocenters. The van der Waals surface area contributed by atoms with Crippen molar-refractivity contribution in [3.63, 3.8) is 0 Å². The lowest BCUT2D eigenvalue weighted by Crippen LogP contribution is -2.16. The lowest BCUT2D eigenvalue weighted by molar-refractivity contribution is 0.693. The van der Waals surface area contributed by atoms with E-state index in [1.165, 1.54) is 0 Å². The van der Waals surface area contributed by atoms with Gasteiger partial charge in [-0.25, -0.2) is 0 Å². The second-order valence-corrected chi connectivity index (χ2v) is 2.95. The summed E-state index contributed by atoms with van der Waals surface area (Å²) in [6.45, 7) is 5.72. The van der Waals surface area contributed by atoms with Crippen molar-refractivity contribution in [1.29, 1.82) is 0 Å². The van der Waals surface area contributed by atoms with Gasteiger partial charge in [0.2, 0.25) is 0 Å². The molecule has 0 saturated heterocycles. The average Bonchev–Trinajstić information content (AvgIpc) is 2.09. The molecule has 0 saturated carbocycles. The Hall–Kier alpha value is -0.920. The van der Waals surface area contributed by atoms with Crippen LogP contribution in [0.1, 0.15) is 20.8 Å². The first-order valence-electron chi connectivity index (χ1n) is 3.31. The van der Waals surface area contributed by atoms with E-state index in [9.17, 15) is 4.91 Å². The molecule has 0 radical (unpaired) electrons. The van der Waals surface area contributed by atoms with Crippen LogP contribution >= 0.6 is 0 Å². The number of nitrogens with zero attached hydrogens (tertiary/aromatic N) is 1. The molecule has 54 valence electrons. The summed E-state index contributed by atoms with van der Waals surface area (Å²) < 4.78 is 0. The van der Waals surface area contributed by atoms with Crippen LogP contribution in [0.25, 0.3) is 0 Å². The van der Waals surface area contributed by atoms with Crippen LogP contribution in [0.3, 0.4) is 0 Å². The van der Waals surface area contributed by atoms with Crippen LogP contribution in [0.2, 0.25) is 0 Å². The van der Waals surface area contributed by atoms with Gasteiger partial charge in [0.05, 0.1) is 0 Å². The van der Waals surface area contributed by atoms with Crippen molar-refractivity contribution in [2.24, 2.45) is 5.18 Å². The summed E-state index contributed by atoms with van der Waals surface area (Å²) in [5, 5.41) is 3.06. The Morgan fingerprint density at radius 1 is 1.50 bits per heavy atom.